The lowest BCUT2D eigenvalue weighted by Crippen LogP contribution is -2.43. The number of benzene rings is 2. The van der Waals surface area contributed by atoms with Crippen molar-refractivity contribution in [1.82, 2.24) is 5.32 Å². The monoisotopic (exact) mass is 409 g/mol. The van der Waals surface area contributed by atoms with Crippen molar-refractivity contribution >= 4 is 29.2 Å². The second-order valence-corrected chi connectivity index (χ2v) is 7.16. The number of esters is 1. The highest BCUT2D eigenvalue weighted by Crippen LogP contribution is 2.37. The Kier molecular flexibility index (Phi) is 5.83. The number of ether oxygens (including phenoxy) is 2. The molecule has 2 aliphatic heterocycles. The first-order valence-electron chi connectivity index (χ1n) is 9.95. The third-order valence-electron chi connectivity index (χ3n) is 5.13. The summed E-state index contributed by atoms with van der Waals surface area (Å²) >= 11 is 0. The Morgan fingerprint density at radius 2 is 2.00 bits per heavy atom. The van der Waals surface area contributed by atoms with Crippen LogP contribution < -0.4 is 20.3 Å². The molecule has 0 unspecified atom stereocenters. The lowest BCUT2D eigenvalue weighted by molar-refractivity contribution is -0.124. The van der Waals surface area contributed by atoms with Crippen molar-refractivity contribution in [3.8, 4) is 5.75 Å². The fourth-order valence-corrected chi connectivity index (χ4v) is 3.70. The van der Waals surface area contributed by atoms with Gasteiger partial charge in [-0.05, 0) is 43.2 Å². The van der Waals surface area contributed by atoms with Crippen LogP contribution in [0.3, 0.4) is 0 Å². The molecule has 2 aliphatic rings. The van der Waals surface area contributed by atoms with Crippen molar-refractivity contribution in [3.05, 3.63) is 54.1 Å². The van der Waals surface area contributed by atoms with E-state index in [2.05, 4.69) is 15.5 Å². The van der Waals surface area contributed by atoms with Gasteiger partial charge in [0.05, 0.1) is 23.5 Å². The molecule has 2 N–H and O–H groups in total. The lowest BCUT2D eigenvalue weighted by atomic mass is 10.1. The van der Waals surface area contributed by atoms with Crippen LogP contribution in [0.5, 0.6) is 5.75 Å². The van der Waals surface area contributed by atoms with Crippen molar-refractivity contribution < 1.29 is 23.9 Å². The first-order valence-corrected chi connectivity index (χ1v) is 9.95. The maximum Gasteiger partial charge on any atom is 0.338 e. The predicted octanol–water partition coefficient (Wildman–Crippen LogP) is 1.96. The molecule has 0 spiro atoms. The largest absolute Gasteiger partial charge is 0.492 e. The molecule has 4 rings (SSSR count). The number of nitrogens with zero attached hydrogens (tertiary/aromatic N) is 1. The molecule has 8 heteroatoms. The topological polar surface area (TPSA) is 97.0 Å². The standard InChI is InChI=1S/C22H23N3O5/c26-20(23-10-12-29-16-5-2-1-3-6-16)14-30-22(28)15-8-9-18-17(13-15)24-21(27)19-7-4-11-25(18)19/h1-3,5-6,8-9,13,19H,4,7,10-12,14H2,(H,23,26)(H,24,27)/t19-/m1/s1. The molecule has 2 aromatic carbocycles. The van der Waals surface area contributed by atoms with Crippen LogP contribution >= 0.6 is 0 Å². The highest BCUT2D eigenvalue weighted by molar-refractivity contribution is 6.05. The van der Waals surface area contributed by atoms with E-state index in [9.17, 15) is 14.4 Å². The Bertz CT molecular complexity index is 947. The Balaban J connectivity index is 1.25. The molecule has 0 aliphatic carbocycles. The maximum atomic E-state index is 12.3. The predicted molar refractivity (Wildman–Crippen MR) is 111 cm³/mol. The molecular formula is C22H23N3O5. The molecule has 0 radical (unpaired) electrons. The van der Waals surface area contributed by atoms with Crippen molar-refractivity contribution in [2.75, 3.05) is 36.5 Å². The van der Waals surface area contributed by atoms with Crippen molar-refractivity contribution in [2.24, 2.45) is 0 Å². The summed E-state index contributed by atoms with van der Waals surface area (Å²) in [5.74, 6) is -0.363. The van der Waals surface area contributed by atoms with E-state index < -0.39 is 11.9 Å². The molecule has 0 bridgehead atoms. The van der Waals surface area contributed by atoms with Gasteiger partial charge >= 0.3 is 5.97 Å². The Labute approximate surface area is 174 Å². The van der Waals surface area contributed by atoms with Crippen molar-refractivity contribution in [3.63, 3.8) is 0 Å². The van der Waals surface area contributed by atoms with Gasteiger partial charge in [-0.3, -0.25) is 9.59 Å². The summed E-state index contributed by atoms with van der Waals surface area (Å²) in [5.41, 5.74) is 1.78. The summed E-state index contributed by atoms with van der Waals surface area (Å²) in [6.45, 7) is 1.05. The molecule has 1 fully saturated rings. The molecule has 2 heterocycles. The van der Waals surface area contributed by atoms with Crippen molar-refractivity contribution in [2.45, 2.75) is 18.9 Å². The molecular weight excluding hydrogens is 386 g/mol. The number of para-hydroxylation sites is 1. The van der Waals surface area contributed by atoms with Gasteiger partial charge in [-0.1, -0.05) is 18.2 Å². The minimum atomic E-state index is -0.619. The number of fused-ring (bicyclic) bond motifs is 3. The molecule has 1 saturated heterocycles. The van der Waals surface area contributed by atoms with Gasteiger partial charge in [0.1, 0.15) is 18.4 Å². The van der Waals surface area contributed by atoms with Gasteiger partial charge in [-0.15, -0.1) is 0 Å². The van der Waals surface area contributed by atoms with E-state index in [-0.39, 0.29) is 24.1 Å². The summed E-state index contributed by atoms with van der Waals surface area (Å²) in [5, 5.41) is 5.49. The SMILES string of the molecule is O=C(COC(=O)c1ccc2c(c1)NC(=O)[C@H]1CCCN21)NCCOc1ccccc1. The smallest absolute Gasteiger partial charge is 0.338 e. The first kappa shape index (κ1) is 19.8. The zero-order chi connectivity index (χ0) is 20.9. The van der Waals surface area contributed by atoms with E-state index in [0.29, 0.717) is 18.8 Å². The van der Waals surface area contributed by atoms with E-state index in [1.165, 1.54) is 0 Å². The summed E-state index contributed by atoms with van der Waals surface area (Å²) in [4.78, 5) is 38.5. The van der Waals surface area contributed by atoms with Crippen LogP contribution in [0.1, 0.15) is 23.2 Å². The highest BCUT2D eigenvalue weighted by atomic mass is 16.5. The van der Waals surface area contributed by atoms with Gasteiger partial charge in [0.25, 0.3) is 5.91 Å². The van der Waals surface area contributed by atoms with E-state index >= 15 is 0 Å². The lowest BCUT2D eigenvalue weighted by Gasteiger charge is -2.33. The number of nitrogens with one attached hydrogen (secondary N) is 2. The Hall–Kier alpha value is -3.55. The average Bonchev–Trinajstić information content (AvgIpc) is 3.26. The fourth-order valence-electron chi connectivity index (χ4n) is 3.70. The Morgan fingerprint density at radius 3 is 2.83 bits per heavy atom. The summed E-state index contributed by atoms with van der Waals surface area (Å²) in [6, 6.07) is 14.2. The molecule has 156 valence electrons. The second kappa shape index (κ2) is 8.86. The van der Waals surface area contributed by atoms with Crippen LogP contribution in [0.2, 0.25) is 0 Å². The summed E-state index contributed by atoms with van der Waals surface area (Å²) in [6.07, 6.45) is 1.80. The normalized spacial score (nSPS) is 16.9. The number of rotatable bonds is 7. The zero-order valence-corrected chi connectivity index (χ0v) is 16.4. The first-order chi connectivity index (χ1) is 14.6. The summed E-state index contributed by atoms with van der Waals surface area (Å²) < 4.78 is 10.6. The van der Waals surface area contributed by atoms with Crippen LogP contribution in [-0.4, -0.2) is 50.1 Å². The molecule has 1 atom stereocenters. The third kappa shape index (κ3) is 4.37. The van der Waals surface area contributed by atoms with Crippen LogP contribution in [0.25, 0.3) is 0 Å². The number of anilines is 2. The van der Waals surface area contributed by atoms with Gasteiger partial charge in [0, 0.05) is 6.54 Å². The number of carbonyl (C=O) groups excluding carboxylic acids is 3. The molecule has 8 nitrogen and oxygen atoms in total. The number of hydrogen-bond acceptors (Lipinski definition) is 6. The number of carbonyl (C=O) groups is 3. The summed E-state index contributed by atoms with van der Waals surface area (Å²) in [7, 11) is 0. The van der Waals surface area contributed by atoms with Gasteiger partial charge in [-0.25, -0.2) is 4.79 Å². The van der Waals surface area contributed by atoms with E-state index in [1.807, 2.05) is 36.4 Å². The highest BCUT2D eigenvalue weighted by Gasteiger charge is 2.36. The van der Waals surface area contributed by atoms with Crippen LogP contribution in [0, 0.1) is 0 Å². The number of hydrogen-bond donors (Lipinski definition) is 2. The van der Waals surface area contributed by atoms with E-state index in [1.54, 1.807) is 12.1 Å². The van der Waals surface area contributed by atoms with Gasteiger partial charge in [-0.2, -0.15) is 0 Å². The van der Waals surface area contributed by atoms with Crippen LogP contribution in [0.4, 0.5) is 11.4 Å². The molecule has 0 saturated carbocycles. The molecule has 30 heavy (non-hydrogen) atoms. The van der Waals surface area contributed by atoms with Gasteiger partial charge < -0.3 is 25.0 Å². The van der Waals surface area contributed by atoms with Crippen molar-refractivity contribution in [1.29, 1.82) is 0 Å². The second-order valence-electron chi connectivity index (χ2n) is 7.16. The van der Waals surface area contributed by atoms with Gasteiger partial charge in [0.2, 0.25) is 5.91 Å². The zero-order valence-electron chi connectivity index (χ0n) is 16.4. The fraction of sp³-hybridized carbons (Fsp3) is 0.318. The van der Waals surface area contributed by atoms with Crippen LogP contribution in [0.15, 0.2) is 48.5 Å². The maximum absolute atomic E-state index is 12.3. The van der Waals surface area contributed by atoms with Gasteiger partial charge in [0.15, 0.2) is 6.61 Å². The minimum absolute atomic E-state index is 0.0531. The number of amides is 2. The van der Waals surface area contributed by atoms with E-state index in [4.69, 9.17) is 9.47 Å². The quantitative estimate of drug-likeness (QED) is 0.536. The Morgan fingerprint density at radius 1 is 1.17 bits per heavy atom. The minimum Gasteiger partial charge on any atom is -0.492 e. The third-order valence-corrected chi connectivity index (χ3v) is 5.13. The molecule has 2 amide bonds. The van der Waals surface area contributed by atoms with Crippen LogP contribution in [-0.2, 0) is 14.3 Å². The molecule has 0 aromatic heterocycles. The van der Waals surface area contributed by atoms with E-state index in [0.717, 1.165) is 30.8 Å². The molecule has 2 aromatic rings. The average molecular weight is 409 g/mol.